The molecule has 1 aromatic rings. The minimum absolute atomic E-state index is 0.139. The second kappa shape index (κ2) is 9.08. The summed E-state index contributed by atoms with van der Waals surface area (Å²) in [6.45, 7) is 6.96. The first kappa shape index (κ1) is 15.4. The number of hydrogen-bond acceptors (Lipinski definition) is 4. The molecule has 1 atom stereocenters. The standard InChI is InChI=1S/C16H26N2O2/c1-19-16(15-6-3-2-4-7-15)14-17-8-5-9-18-10-12-20-13-11-18/h2-4,6-7,16-17H,5,8-14H2,1H3. The molecule has 0 spiro atoms. The molecular formula is C16H26N2O2. The van der Waals surface area contributed by atoms with E-state index in [1.165, 1.54) is 12.0 Å². The van der Waals surface area contributed by atoms with Gasteiger partial charge in [-0.1, -0.05) is 30.3 Å². The zero-order chi connectivity index (χ0) is 14.0. The second-order valence-electron chi connectivity index (χ2n) is 5.15. The van der Waals surface area contributed by atoms with Gasteiger partial charge in [-0.3, -0.25) is 4.90 Å². The van der Waals surface area contributed by atoms with Gasteiger partial charge >= 0.3 is 0 Å². The van der Waals surface area contributed by atoms with Crippen LogP contribution in [0.1, 0.15) is 18.1 Å². The summed E-state index contributed by atoms with van der Waals surface area (Å²) in [5, 5.41) is 3.49. The quantitative estimate of drug-likeness (QED) is 0.734. The normalized spacial score (nSPS) is 18.1. The molecule has 20 heavy (non-hydrogen) atoms. The topological polar surface area (TPSA) is 33.7 Å². The molecule has 1 N–H and O–H groups in total. The van der Waals surface area contributed by atoms with Crippen LogP contribution in [0, 0.1) is 0 Å². The third kappa shape index (κ3) is 5.21. The van der Waals surface area contributed by atoms with Gasteiger partial charge in [-0.15, -0.1) is 0 Å². The first-order valence-electron chi connectivity index (χ1n) is 7.48. The van der Waals surface area contributed by atoms with Crippen molar-refractivity contribution in [2.24, 2.45) is 0 Å². The summed E-state index contributed by atoms with van der Waals surface area (Å²) < 4.78 is 10.9. The molecule has 0 saturated carbocycles. The first-order chi connectivity index (χ1) is 9.90. The van der Waals surface area contributed by atoms with Crippen molar-refractivity contribution in [3.63, 3.8) is 0 Å². The van der Waals surface area contributed by atoms with Crippen molar-refractivity contribution in [2.75, 3.05) is 53.0 Å². The number of hydrogen-bond donors (Lipinski definition) is 1. The van der Waals surface area contributed by atoms with Gasteiger partial charge < -0.3 is 14.8 Å². The zero-order valence-corrected chi connectivity index (χ0v) is 12.4. The Bertz CT molecular complexity index is 353. The van der Waals surface area contributed by atoms with E-state index >= 15 is 0 Å². The number of morpholine rings is 1. The van der Waals surface area contributed by atoms with E-state index in [1.807, 2.05) is 6.07 Å². The molecule has 4 nitrogen and oxygen atoms in total. The largest absolute Gasteiger partial charge is 0.379 e. The monoisotopic (exact) mass is 278 g/mol. The van der Waals surface area contributed by atoms with Crippen molar-refractivity contribution in [3.8, 4) is 0 Å². The highest BCUT2D eigenvalue weighted by Crippen LogP contribution is 2.14. The van der Waals surface area contributed by atoms with Gasteiger partial charge in [-0.05, 0) is 25.1 Å². The van der Waals surface area contributed by atoms with E-state index in [0.717, 1.165) is 45.9 Å². The molecule has 1 unspecified atom stereocenters. The van der Waals surface area contributed by atoms with Crippen LogP contribution in [-0.4, -0.2) is 57.9 Å². The number of nitrogens with one attached hydrogen (secondary N) is 1. The first-order valence-corrected chi connectivity index (χ1v) is 7.48. The van der Waals surface area contributed by atoms with Crippen molar-refractivity contribution in [2.45, 2.75) is 12.5 Å². The van der Waals surface area contributed by atoms with Crippen LogP contribution in [-0.2, 0) is 9.47 Å². The van der Waals surface area contributed by atoms with Crippen molar-refractivity contribution in [1.82, 2.24) is 10.2 Å². The van der Waals surface area contributed by atoms with Crippen molar-refractivity contribution in [3.05, 3.63) is 35.9 Å². The summed E-state index contributed by atoms with van der Waals surface area (Å²) >= 11 is 0. The molecule has 1 fully saturated rings. The average molecular weight is 278 g/mol. The Morgan fingerprint density at radius 3 is 2.70 bits per heavy atom. The van der Waals surface area contributed by atoms with Crippen LogP contribution < -0.4 is 5.32 Å². The fraction of sp³-hybridized carbons (Fsp3) is 0.625. The molecule has 1 saturated heterocycles. The minimum Gasteiger partial charge on any atom is -0.379 e. The lowest BCUT2D eigenvalue weighted by molar-refractivity contribution is 0.0372. The number of methoxy groups -OCH3 is 1. The van der Waals surface area contributed by atoms with Crippen LogP contribution in [0.5, 0.6) is 0 Å². The Kier molecular flexibility index (Phi) is 7.01. The lowest BCUT2D eigenvalue weighted by atomic mass is 10.1. The van der Waals surface area contributed by atoms with Gasteiger partial charge in [0, 0.05) is 26.7 Å². The van der Waals surface area contributed by atoms with E-state index in [4.69, 9.17) is 9.47 Å². The van der Waals surface area contributed by atoms with Gasteiger partial charge in [0.05, 0.1) is 19.3 Å². The van der Waals surface area contributed by atoms with E-state index in [9.17, 15) is 0 Å². The Morgan fingerprint density at radius 2 is 2.00 bits per heavy atom. The summed E-state index contributed by atoms with van der Waals surface area (Å²) in [6, 6.07) is 10.4. The van der Waals surface area contributed by atoms with Crippen LogP contribution in [0.15, 0.2) is 30.3 Å². The number of rotatable bonds is 8. The van der Waals surface area contributed by atoms with E-state index in [2.05, 4.69) is 34.5 Å². The van der Waals surface area contributed by atoms with Gasteiger partial charge in [0.25, 0.3) is 0 Å². The minimum atomic E-state index is 0.139. The van der Waals surface area contributed by atoms with Crippen LogP contribution in [0.25, 0.3) is 0 Å². The Morgan fingerprint density at radius 1 is 1.25 bits per heavy atom. The third-order valence-corrected chi connectivity index (χ3v) is 3.72. The molecule has 1 aliphatic heterocycles. The fourth-order valence-electron chi connectivity index (χ4n) is 2.49. The highest BCUT2D eigenvalue weighted by molar-refractivity contribution is 5.17. The predicted octanol–water partition coefficient (Wildman–Crippen LogP) is 1.69. The lowest BCUT2D eigenvalue weighted by Crippen LogP contribution is -2.38. The van der Waals surface area contributed by atoms with Crippen LogP contribution >= 0.6 is 0 Å². The molecule has 4 heteroatoms. The number of benzene rings is 1. The fourth-order valence-corrected chi connectivity index (χ4v) is 2.49. The molecule has 112 valence electrons. The number of ether oxygens (including phenoxy) is 2. The van der Waals surface area contributed by atoms with Crippen molar-refractivity contribution < 1.29 is 9.47 Å². The molecule has 0 bridgehead atoms. The van der Waals surface area contributed by atoms with Gasteiger partial charge in [-0.25, -0.2) is 0 Å². The predicted molar refractivity (Wildman–Crippen MR) is 80.9 cm³/mol. The SMILES string of the molecule is COC(CNCCCN1CCOCC1)c1ccccc1. The number of nitrogens with zero attached hydrogens (tertiary/aromatic N) is 1. The van der Waals surface area contributed by atoms with Crippen LogP contribution in [0.2, 0.25) is 0 Å². The highest BCUT2D eigenvalue weighted by Gasteiger charge is 2.10. The molecule has 0 aliphatic carbocycles. The maximum absolute atomic E-state index is 5.54. The highest BCUT2D eigenvalue weighted by atomic mass is 16.5. The zero-order valence-electron chi connectivity index (χ0n) is 12.4. The summed E-state index contributed by atoms with van der Waals surface area (Å²) in [5.74, 6) is 0. The van der Waals surface area contributed by atoms with Crippen LogP contribution in [0.4, 0.5) is 0 Å². The van der Waals surface area contributed by atoms with E-state index in [-0.39, 0.29) is 6.10 Å². The van der Waals surface area contributed by atoms with E-state index < -0.39 is 0 Å². The maximum atomic E-state index is 5.54. The van der Waals surface area contributed by atoms with E-state index in [0.29, 0.717) is 0 Å². The molecule has 1 heterocycles. The molecule has 1 aliphatic rings. The van der Waals surface area contributed by atoms with Crippen molar-refractivity contribution >= 4 is 0 Å². The Labute approximate surface area is 122 Å². The van der Waals surface area contributed by atoms with E-state index in [1.54, 1.807) is 7.11 Å². The van der Waals surface area contributed by atoms with Crippen LogP contribution in [0.3, 0.4) is 0 Å². The summed E-state index contributed by atoms with van der Waals surface area (Å²) in [5.41, 5.74) is 1.23. The molecule has 2 rings (SSSR count). The molecule has 1 aromatic carbocycles. The maximum Gasteiger partial charge on any atom is 0.0945 e. The van der Waals surface area contributed by atoms with Gasteiger partial charge in [0.15, 0.2) is 0 Å². The van der Waals surface area contributed by atoms with Gasteiger partial charge in [0.1, 0.15) is 0 Å². The summed E-state index contributed by atoms with van der Waals surface area (Å²) in [4.78, 5) is 2.47. The molecule has 0 amide bonds. The second-order valence-corrected chi connectivity index (χ2v) is 5.15. The Hall–Kier alpha value is -0.940. The average Bonchev–Trinajstić information content (AvgIpc) is 2.53. The van der Waals surface area contributed by atoms with Gasteiger partial charge in [-0.2, -0.15) is 0 Å². The molecule has 0 radical (unpaired) electrons. The summed E-state index contributed by atoms with van der Waals surface area (Å²) in [6.07, 6.45) is 1.31. The van der Waals surface area contributed by atoms with Crippen molar-refractivity contribution in [1.29, 1.82) is 0 Å². The van der Waals surface area contributed by atoms with Gasteiger partial charge in [0.2, 0.25) is 0 Å². The molecule has 0 aromatic heterocycles. The third-order valence-electron chi connectivity index (χ3n) is 3.72. The Balaban J connectivity index is 1.59. The summed E-state index contributed by atoms with van der Waals surface area (Å²) in [7, 11) is 1.77. The molecular weight excluding hydrogens is 252 g/mol. The smallest absolute Gasteiger partial charge is 0.0945 e. The lowest BCUT2D eigenvalue weighted by Gasteiger charge is -2.26.